The van der Waals surface area contributed by atoms with Crippen LogP contribution in [0.4, 0.5) is 0 Å². The van der Waals surface area contributed by atoms with Crippen LogP contribution in [0.3, 0.4) is 0 Å². The van der Waals surface area contributed by atoms with E-state index in [1.54, 1.807) is 5.38 Å². The molecule has 2 fully saturated rings. The first-order valence-corrected chi connectivity index (χ1v) is 9.23. The van der Waals surface area contributed by atoms with Gasteiger partial charge in [-0.15, -0.1) is 11.3 Å². The first kappa shape index (κ1) is 16.4. The van der Waals surface area contributed by atoms with Crippen LogP contribution in [0.15, 0.2) is 5.38 Å². The second-order valence-electron chi connectivity index (χ2n) is 6.36. The van der Waals surface area contributed by atoms with Crippen LogP contribution >= 0.6 is 11.3 Å². The molecule has 0 unspecified atom stereocenters. The number of nitrogens with one attached hydrogen (secondary N) is 1. The number of hydrogen-bond acceptors (Lipinski definition) is 5. The molecule has 1 N–H and O–H groups in total. The van der Waals surface area contributed by atoms with E-state index in [4.69, 9.17) is 0 Å². The van der Waals surface area contributed by atoms with Gasteiger partial charge in [-0.1, -0.05) is 0 Å². The lowest BCUT2D eigenvalue weighted by molar-refractivity contribution is -0.131. The molecule has 0 bridgehead atoms. The number of likely N-dealkylation sites (tertiary alicyclic amines) is 2. The lowest BCUT2D eigenvalue weighted by Crippen LogP contribution is -2.47. The number of thiazole rings is 1. The number of carbonyl (C=O) groups is 2. The Bertz CT molecular complexity index is 560. The molecule has 0 aliphatic carbocycles. The van der Waals surface area contributed by atoms with E-state index in [9.17, 15) is 9.59 Å². The van der Waals surface area contributed by atoms with Crippen molar-refractivity contribution in [1.29, 1.82) is 0 Å². The van der Waals surface area contributed by atoms with Crippen molar-refractivity contribution in [2.75, 3.05) is 32.7 Å². The summed E-state index contributed by atoms with van der Waals surface area (Å²) in [6.45, 7) is 5.97. The molecular formula is C16H24N4O2S. The van der Waals surface area contributed by atoms with Crippen LogP contribution in [-0.2, 0) is 4.79 Å². The van der Waals surface area contributed by atoms with E-state index in [0.29, 0.717) is 12.2 Å². The average Bonchev–Trinajstić information content (AvgIpc) is 3.20. The highest BCUT2D eigenvalue weighted by atomic mass is 32.1. The third-order valence-corrected chi connectivity index (χ3v) is 5.37. The minimum absolute atomic E-state index is 0.0825. The minimum Gasteiger partial charge on any atom is -0.348 e. The van der Waals surface area contributed by atoms with Gasteiger partial charge in [-0.3, -0.25) is 14.5 Å². The highest BCUT2D eigenvalue weighted by molar-refractivity contribution is 7.09. The zero-order chi connectivity index (χ0) is 16.2. The van der Waals surface area contributed by atoms with Gasteiger partial charge in [-0.2, -0.15) is 0 Å². The van der Waals surface area contributed by atoms with Crippen LogP contribution in [0.25, 0.3) is 0 Å². The van der Waals surface area contributed by atoms with Gasteiger partial charge in [0.15, 0.2) is 0 Å². The summed E-state index contributed by atoms with van der Waals surface area (Å²) in [5, 5.41) is 5.77. The number of hydrogen-bond donors (Lipinski definition) is 1. The van der Waals surface area contributed by atoms with E-state index >= 15 is 0 Å². The maximum atomic E-state index is 12.2. The van der Waals surface area contributed by atoms with Crippen LogP contribution in [0.5, 0.6) is 0 Å². The van der Waals surface area contributed by atoms with Gasteiger partial charge in [0, 0.05) is 37.6 Å². The second kappa shape index (κ2) is 7.40. The number of aryl methyl sites for hydroxylation is 1. The molecule has 0 saturated carbocycles. The van der Waals surface area contributed by atoms with Gasteiger partial charge in [0.1, 0.15) is 5.69 Å². The smallest absolute Gasteiger partial charge is 0.270 e. The Labute approximate surface area is 140 Å². The zero-order valence-electron chi connectivity index (χ0n) is 13.6. The molecule has 2 amide bonds. The van der Waals surface area contributed by atoms with Crippen molar-refractivity contribution in [1.82, 2.24) is 20.1 Å². The van der Waals surface area contributed by atoms with Gasteiger partial charge in [0.25, 0.3) is 5.91 Å². The lowest BCUT2D eigenvalue weighted by atomic mass is 10.0. The molecule has 0 aromatic carbocycles. The van der Waals surface area contributed by atoms with Crippen molar-refractivity contribution in [2.45, 2.75) is 38.6 Å². The fraction of sp³-hybridized carbons (Fsp3) is 0.688. The maximum absolute atomic E-state index is 12.2. The quantitative estimate of drug-likeness (QED) is 0.899. The summed E-state index contributed by atoms with van der Waals surface area (Å²) in [5.74, 6) is 0.170. The van der Waals surface area contributed by atoms with E-state index in [1.807, 2.05) is 11.8 Å². The number of carbonyl (C=O) groups excluding carboxylic acids is 2. The standard InChI is InChI=1S/C16H24N4O2S/c1-12-17-14(11-23-12)16(22)18-13-4-8-19(9-5-13)10-15(21)20-6-2-3-7-20/h11,13H,2-10H2,1H3,(H,18,22). The van der Waals surface area contributed by atoms with Gasteiger partial charge in [-0.05, 0) is 32.6 Å². The highest BCUT2D eigenvalue weighted by Gasteiger charge is 2.25. The molecule has 126 valence electrons. The number of piperidine rings is 1. The Morgan fingerprint density at radius 3 is 2.57 bits per heavy atom. The van der Waals surface area contributed by atoms with Gasteiger partial charge in [0.2, 0.25) is 5.91 Å². The summed E-state index contributed by atoms with van der Waals surface area (Å²) in [7, 11) is 0. The lowest BCUT2D eigenvalue weighted by Gasteiger charge is -2.32. The predicted octanol–water partition coefficient (Wildman–Crippen LogP) is 1.27. The summed E-state index contributed by atoms with van der Waals surface area (Å²) >= 11 is 1.49. The van der Waals surface area contributed by atoms with Crippen molar-refractivity contribution in [3.63, 3.8) is 0 Å². The molecule has 0 radical (unpaired) electrons. The first-order chi connectivity index (χ1) is 11.1. The van der Waals surface area contributed by atoms with Crippen molar-refractivity contribution in [3.8, 4) is 0 Å². The maximum Gasteiger partial charge on any atom is 0.270 e. The average molecular weight is 336 g/mol. The Hall–Kier alpha value is -1.47. The summed E-state index contributed by atoms with van der Waals surface area (Å²) in [5.41, 5.74) is 0.513. The van der Waals surface area contributed by atoms with E-state index in [0.717, 1.165) is 56.9 Å². The topological polar surface area (TPSA) is 65.5 Å². The van der Waals surface area contributed by atoms with E-state index in [1.165, 1.54) is 11.3 Å². The molecule has 2 aliphatic heterocycles. The van der Waals surface area contributed by atoms with E-state index in [2.05, 4.69) is 15.2 Å². The van der Waals surface area contributed by atoms with Gasteiger partial charge in [0.05, 0.1) is 11.6 Å². The first-order valence-electron chi connectivity index (χ1n) is 8.35. The van der Waals surface area contributed by atoms with Gasteiger partial charge >= 0.3 is 0 Å². The number of amides is 2. The molecule has 1 aromatic heterocycles. The Kier molecular flexibility index (Phi) is 5.27. The Balaban J connectivity index is 1.41. The molecule has 1 aromatic rings. The molecular weight excluding hydrogens is 312 g/mol. The van der Waals surface area contributed by atoms with Gasteiger partial charge < -0.3 is 10.2 Å². The SMILES string of the molecule is Cc1nc(C(=O)NC2CCN(CC(=O)N3CCCC3)CC2)cs1. The third-order valence-electron chi connectivity index (χ3n) is 4.59. The second-order valence-corrected chi connectivity index (χ2v) is 7.43. The molecule has 2 saturated heterocycles. The molecule has 0 atom stereocenters. The molecule has 2 aliphatic rings. The fourth-order valence-electron chi connectivity index (χ4n) is 3.22. The molecule has 3 heterocycles. The van der Waals surface area contributed by atoms with Crippen LogP contribution in [0, 0.1) is 6.92 Å². The Morgan fingerprint density at radius 2 is 1.96 bits per heavy atom. The summed E-state index contributed by atoms with van der Waals surface area (Å²) in [6.07, 6.45) is 4.05. The third kappa shape index (κ3) is 4.29. The van der Waals surface area contributed by atoms with Crippen molar-refractivity contribution in [2.24, 2.45) is 0 Å². The number of aromatic nitrogens is 1. The van der Waals surface area contributed by atoms with Gasteiger partial charge in [-0.25, -0.2) is 4.98 Å². The van der Waals surface area contributed by atoms with E-state index in [-0.39, 0.29) is 17.9 Å². The minimum atomic E-state index is -0.0825. The predicted molar refractivity (Wildman–Crippen MR) is 89.6 cm³/mol. The highest BCUT2D eigenvalue weighted by Crippen LogP contribution is 2.14. The molecule has 7 heteroatoms. The summed E-state index contributed by atoms with van der Waals surface area (Å²) in [4.78, 5) is 32.7. The monoisotopic (exact) mass is 336 g/mol. The van der Waals surface area contributed by atoms with Crippen molar-refractivity contribution >= 4 is 23.2 Å². The van der Waals surface area contributed by atoms with Crippen molar-refractivity contribution in [3.05, 3.63) is 16.1 Å². The fourth-order valence-corrected chi connectivity index (χ4v) is 3.81. The largest absolute Gasteiger partial charge is 0.348 e. The Morgan fingerprint density at radius 1 is 1.26 bits per heavy atom. The van der Waals surface area contributed by atoms with Crippen LogP contribution in [0.1, 0.15) is 41.2 Å². The molecule has 3 rings (SSSR count). The molecule has 0 spiro atoms. The number of nitrogens with zero attached hydrogens (tertiary/aromatic N) is 3. The van der Waals surface area contributed by atoms with Crippen molar-refractivity contribution < 1.29 is 9.59 Å². The zero-order valence-corrected chi connectivity index (χ0v) is 14.4. The number of rotatable bonds is 4. The molecule has 23 heavy (non-hydrogen) atoms. The summed E-state index contributed by atoms with van der Waals surface area (Å²) < 4.78 is 0. The van der Waals surface area contributed by atoms with Crippen LogP contribution < -0.4 is 5.32 Å². The van der Waals surface area contributed by atoms with Crippen LogP contribution in [0.2, 0.25) is 0 Å². The van der Waals surface area contributed by atoms with Crippen LogP contribution in [-0.4, -0.2) is 65.4 Å². The van der Waals surface area contributed by atoms with E-state index < -0.39 is 0 Å². The summed E-state index contributed by atoms with van der Waals surface area (Å²) in [6, 6.07) is 0.183. The molecule has 6 nitrogen and oxygen atoms in total. The normalized spacial score (nSPS) is 20.0.